The van der Waals surface area contributed by atoms with Crippen molar-refractivity contribution in [3.8, 4) is 5.75 Å². The molecule has 1 aliphatic heterocycles. The molecule has 0 atom stereocenters. The molecule has 1 amide bonds. The van der Waals surface area contributed by atoms with Gasteiger partial charge in [-0.3, -0.25) is 14.6 Å². The van der Waals surface area contributed by atoms with Gasteiger partial charge in [-0.25, -0.2) is 9.59 Å². The SMILES string of the molecule is COc1ccc(CN2CCN(CC(=O)N(C)C)CC2)cc1.O=C(O)C(=O)O. The second kappa shape index (κ2) is 11.1. The lowest BCUT2D eigenvalue weighted by atomic mass is 10.2. The Bertz CT molecular complexity index is 612. The van der Waals surface area contributed by atoms with Gasteiger partial charge in [0.25, 0.3) is 0 Å². The van der Waals surface area contributed by atoms with Crippen molar-refractivity contribution in [2.45, 2.75) is 6.54 Å². The first kappa shape index (κ1) is 22.4. The van der Waals surface area contributed by atoms with E-state index in [1.807, 2.05) is 26.2 Å². The number of carbonyl (C=O) groups is 3. The van der Waals surface area contributed by atoms with E-state index in [4.69, 9.17) is 24.5 Å². The molecule has 2 N–H and O–H groups in total. The molecule has 1 aromatic rings. The van der Waals surface area contributed by atoms with E-state index in [2.05, 4.69) is 21.9 Å². The summed E-state index contributed by atoms with van der Waals surface area (Å²) >= 11 is 0. The third-order valence-electron chi connectivity index (χ3n) is 4.07. The molecule has 1 aliphatic rings. The molecule has 0 bridgehead atoms. The van der Waals surface area contributed by atoms with Crippen LogP contribution in [-0.4, -0.2) is 96.7 Å². The fraction of sp³-hybridized carbons (Fsp3) is 0.500. The van der Waals surface area contributed by atoms with Crippen LogP contribution in [0.25, 0.3) is 0 Å². The van der Waals surface area contributed by atoms with Crippen molar-refractivity contribution in [2.75, 3.05) is 53.9 Å². The monoisotopic (exact) mass is 381 g/mol. The van der Waals surface area contributed by atoms with E-state index in [1.165, 1.54) is 5.56 Å². The molecule has 0 aliphatic carbocycles. The van der Waals surface area contributed by atoms with Gasteiger partial charge in [0.2, 0.25) is 5.91 Å². The van der Waals surface area contributed by atoms with Crippen molar-refractivity contribution >= 4 is 17.8 Å². The van der Waals surface area contributed by atoms with Crippen LogP contribution in [0.4, 0.5) is 0 Å². The Labute approximate surface area is 158 Å². The number of carboxylic acids is 2. The molecule has 9 heteroatoms. The molecule has 2 rings (SSSR count). The zero-order chi connectivity index (χ0) is 20.4. The number of carbonyl (C=O) groups excluding carboxylic acids is 1. The molecule has 0 aromatic heterocycles. The molecule has 1 fully saturated rings. The second-order valence-electron chi connectivity index (χ2n) is 6.30. The number of aliphatic carboxylic acids is 2. The molecule has 0 spiro atoms. The first-order valence-electron chi connectivity index (χ1n) is 8.47. The maximum absolute atomic E-state index is 11.7. The fourth-order valence-electron chi connectivity index (χ4n) is 2.43. The Morgan fingerprint density at radius 3 is 1.85 bits per heavy atom. The van der Waals surface area contributed by atoms with E-state index in [1.54, 1.807) is 12.0 Å². The summed E-state index contributed by atoms with van der Waals surface area (Å²) in [5.74, 6) is -2.57. The average molecular weight is 381 g/mol. The smallest absolute Gasteiger partial charge is 0.414 e. The number of rotatable bonds is 5. The van der Waals surface area contributed by atoms with Gasteiger partial charge in [0.15, 0.2) is 0 Å². The van der Waals surface area contributed by atoms with Crippen LogP contribution >= 0.6 is 0 Å². The lowest BCUT2D eigenvalue weighted by Crippen LogP contribution is -2.48. The zero-order valence-electron chi connectivity index (χ0n) is 15.9. The maximum Gasteiger partial charge on any atom is 0.414 e. The van der Waals surface area contributed by atoms with Gasteiger partial charge in [-0.05, 0) is 17.7 Å². The summed E-state index contributed by atoms with van der Waals surface area (Å²) in [6, 6.07) is 8.23. The van der Waals surface area contributed by atoms with Gasteiger partial charge in [-0.2, -0.15) is 0 Å². The number of ether oxygens (including phenoxy) is 1. The number of amides is 1. The molecule has 27 heavy (non-hydrogen) atoms. The Kier molecular flexibility index (Phi) is 9.24. The molecule has 0 saturated carbocycles. The molecule has 1 aromatic carbocycles. The molecule has 1 saturated heterocycles. The predicted molar refractivity (Wildman–Crippen MR) is 98.7 cm³/mol. The first-order chi connectivity index (χ1) is 12.7. The fourth-order valence-corrected chi connectivity index (χ4v) is 2.43. The maximum atomic E-state index is 11.7. The van der Waals surface area contributed by atoms with E-state index < -0.39 is 11.9 Å². The van der Waals surface area contributed by atoms with Crippen molar-refractivity contribution < 1.29 is 29.3 Å². The van der Waals surface area contributed by atoms with E-state index in [9.17, 15) is 4.79 Å². The zero-order valence-corrected chi connectivity index (χ0v) is 15.9. The molecule has 1 heterocycles. The van der Waals surface area contributed by atoms with Gasteiger partial charge < -0.3 is 19.8 Å². The highest BCUT2D eigenvalue weighted by Gasteiger charge is 2.19. The minimum absolute atomic E-state index is 0.179. The second-order valence-corrected chi connectivity index (χ2v) is 6.30. The number of hydrogen-bond acceptors (Lipinski definition) is 6. The normalized spacial score (nSPS) is 14.6. The van der Waals surface area contributed by atoms with Crippen molar-refractivity contribution in [2.24, 2.45) is 0 Å². The van der Waals surface area contributed by atoms with Crippen molar-refractivity contribution in [3.05, 3.63) is 29.8 Å². The predicted octanol–water partition coefficient (Wildman–Crippen LogP) is 0.0566. The first-order valence-corrected chi connectivity index (χ1v) is 8.47. The van der Waals surface area contributed by atoms with Crippen LogP contribution in [0.5, 0.6) is 5.75 Å². The highest BCUT2D eigenvalue weighted by atomic mass is 16.5. The minimum Gasteiger partial charge on any atom is -0.497 e. The molecule has 9 nitrogen and oxygen atoms in total. The third kappa shape index (κ3) is 8.52. The molecular weight excluding hydrogens is 354 g/mol. The number of likely N-dealkylation sites (N-methyl/N-ethyl adjacent to an activating group) is 1. The van der Waals surface area contributed by atoms with Crippen LogP contribution < -0.4 is 4.74 Å². The topological polar surface area (TPSA) is 111 Å². The molecule has 0 radical (unpaired) electrons. The summed E-state index contributed by atoms with van der Waals surface area (Å²) in [6.45, 7) is 5.41. The molecular formula is C18H27N3O6. The summed E-state index contributed by atoms with van der Waals surface area (Å²) < 4.78 is 5.17. The van der Waals surface area contributed by atoms with Gasteiger partial charge >= 0.3 is 11.9 Å². The van der Waals surface area contributed by atoms with Gasteiger partial charge in [0.1, 0.15) is 5.75 Å². The Morgan fingerprint density at radius 2 is 1.44 bits per heavy atom. The average Bonchev–Trinajstić information content (AvgIpc) is 2.64. The number of carboxylic acid groups (broad SMARTS) is 2. The number of piperazine rings is 1. The quantitative estimate of drug-likeness (QED) is 0.689. The lowest BCUT2D eigenvalue weighted by molar-refractivity contribution is -0.159. The van der Waals surface area contributed by atoms with Crippen LogP contribution in [0.2, 0.25) is 0 Å². The number of hydrogen-bond donors (Lipinski definition) is 2. The Balaban J connectivity index is 0.000000527. The van der Waals surface area contributed by atoms with Gasteiger partial charge in [0.05, 0.1) is 13.7 Å². The van der Waals surface area contributed by atoms with Gasteiger partial charge in [0, 0.05) is 46.8 Å². The van der Waals surface area contributed by atoms with E-state index in [-0.39, 0.29) is 5.91 Å². The van der Waals surface area contributed by atoms with Crippen LogP contribution in [0.3, 0.4) is 0 Å². The largest absolute Gasteiger partial charge is 0.497 e. The third-order valence-corrected chi connectivity index (χ3v) is 4.07. The highest BCUT2D eigenvalue weighted by Crippen LogP contribution is 2.14. The Hall–Kier alpha value is -2.65. The summed E-state index contributed by atoms with van der Waals surface area (Å²) in [5, 5.41) is 14.8. The van der Waals surface area contributed by atoms with Crippen molar-refractivity contribution in [1.82, 2.24) is 14.7 Å². The number of benzene rings is 1. The summed E-state index contributed by atoms with van der Waals surface area (Å²) in [7, 11) is 5.30. The van der Waals surface area contributed by atoms with E-state index in [0.717, 1.165) is 38.5 Å². The van der Waals surface area contributed by atoms with Crippen LogP contribution in [0.1, 0.15) is 5.56 Å². The lowest BCUT2D eigenvalue weighted by Gasteiger charge is -2.34. The standard InChI is InChI=1S/C16H25N3O2.C2H2O4/c1-17(2)16(20)13-19-10-8-18(9-11-19)12-14-4-6-15(21-3)7-5-14;3-1(4)2(5)6/h4-7H,8-13H2,1-3H3;(H,3,4)(H,5,6). The van der Waals surface area contributed by atoms with Crippen molar-refractivity contribution in [1.29, 1.82) is 0 Å². The summed E-state index contributed by atoms with van der Waals surface area (Å²) in [6.07, 6.45) is 0. The van der Waals surface area contributed by atoms with Gasteiger partial charge in [-0.1, -0.05) is 12.1 Å². The highest BCUT2D eigenvalue weighted by molar-refractivity contribution is 6.27. The minimum atomic E-state index is -1.82. The summed E-state index contributed by atoms with van der Waals surface area (Å²) in [5.41, 5.74) is 1.30. The number of methoxy groups -OCH3 is 1. The Morgan fingerprint density at radius 1 is 0.963 bits per heavy atom. The molecule has 0 unspecified atom stereocenters. The van der Waals surface area contributed by atoms with E-state index in [0.29, 0.717) is 6.54 Å². The van der Waals surface area contributed by atoms with Crippen LogP contribution in [0.15, 0.2) is 24.3 Å². The van der Waals surface area contributed by atoms with Gasteiger partial charge in [-0.15, -0.1) is 0 Å². The van der Waals surface area contributed by atoms with Crippen molar-refractivity contribution in [3.63, 3.8) is 0 Å². The summed E-state index contributed by atoms with van der Waals surface area (Å²) in [4.78, 5) is 36.2. The van der Waals surface area contributed by atoms with E-state index >= 15 is 0 Å². The van der Waals surface area contributed by atoms with Crippen LogP contribution in [0, 0.1) is 0 Å². The molecule has 150 valence electrons. The van der Waals surface area contributed by atoms with Crippen LogP contribution in [-0.2, 0) is 20.9 Å². The number of nitrogens with zero attached hydrogens (tertiary/aromatic N) is 3.